The number of hydrogen-bond acceptors (Lipinski definition) is 17. The molecule has 5 heterocycles. The topological polar surface area (TPSA) is 340 Å². The zero-order valence-corrected chi connectivity index (χ0v) is 54.7. The van der Waals surface area contributed by atoms with Crippen LogP contribution in [0.5, 0.6) is 0 Å². The number of nitrogen functional groups attached to an aromatic ring is 1. The maximum atomic E-state index is 11.5. The SMILES string of the molecule is C.C.C.CSc1cc(C)nc2ccc(N)cc12.CSc1cc(C)nc2ccc([N+](=O)[O-])cc12.Cc1cc(=O)c2cc([N+](=O)[O-])ccc2[nH]1.Cc1cc(=O)c2ccccc2[nH]1.Cc1cc(Cl)c2cc([N+](=O)[O-])ccc2n1.O=P(Cl)(Cl)Cl.O=[N+]([O-])O.[Cl][Sn][Cl]. The van der Waals surface area contributed by atoms with Crippen LogP contribution in [0.4, 0.5) is 22.7 Å². The van der Waals surface area contributed by atoms with E-state index in [0.717, 1.165) is 71.8 Å². The Bertz CT molecular complexity index is 4180. The number of aromatic nitrogens is 5. The molecule has 0 spiro atoms. The Labute approximate surface area is 544 Å². The van der Waals surface area contributed by atoms with Crippen molar-refractivity contribution in [2.24, 2.45) is 0 Å². The van der Waals surface area contributed by atoms with E-state index in [4.69, 9.17) is 50.5 Å². The van der Waals surface area contributed by atoms with Gasteiger partial charge in [0, 0.05) is 125 Å². The number of para-hydroxylation sites is 1. The third-order valence-corrected chi connectivity index (χ3v) is 12.4. The van der Waals surface area contributed by atoms with Gasteiger partial charge in [0.1, 0.15) is 0 Å². The normalized spacial score (nSPS) is 9.90. The van der Waals surface area contributed by atoms with Crippen LogP contribution in [0.15, 0.2) is 147 Å². The van der Waals surface area contributed by atoms with Gasteiger partial charge in [0.15, 0.2) is 10.9 Å². The number of rotatable bonds is 5. The summed E-state index contributed by atoms with van der Waals surface area (Å²) < 4.78 is 9.51. The Kier molecular flexibility index (Phi) is 35.7. The summed E-state index contributed by atoms with van der Waals surface area (Å²) in [5.41, 5.74) is 14.9. The monoisotopic (exact) mass is 1480 g/mol. The molecular formula is C55H59Cl6N10O12PS2Sn. The third-order valence-electron chi connectivity index (χ3n) is 10.6. The molecule has 0 saturated heterocycles. The average Bonchev–Trinajstić information content (AvgIpc) is 3.31. The molecule has 87 heavy (non-hydrogen) atoms. The van der Waals surface area contributed by atoms with Gasteiger partial charge in [-0.2, -0.15) is 0 Å². The fourth-order valence-electron chi connectivity index (χ4n) is 7.32. The second-order valence-corrected chi connectivity index (χ2v) is 29.7. The Morgan fingerprint density at radius 2 is 0.862 bits per heavy atom. The quantitative estimate of drug-likeness (QED) is 0.0310. The summed E-state index contributed by atoms with van der Waals surface area (Å²) in [5.74, 6) is 0. The number of anilines is 1. The molecule has 0 saturated carbocycles. The number of non-ortho nitro benzene ring substituents is 3. The van der Waals surface area contributed by atoms with Crippen LogP contribution in [-0.2, 0) is 4.57 Å². The van der Waals surface area contributed by atoms with Gasteiger partial charge in [-0.25, -0.2) is 0 Å². The molecule has 5 aromatic heterocycles. The molecule has 0 unspecified atom stereocenters. The number of nitro benzene ring substituents is 3. The Morgan fingerprint density at radius 1 is 0.529 bits per heavy atom. The van der Waals surface area contributed by atoms with Gasteiger partial charge in [0.25, 0.3) is 22.1 Å². The molecule has 0 aliphatic rings. The summed E-state index contributed by atoms with van der Waals surface area (Å²) in [5, 5.41) is 46.4. The van der Waals surface area contributed by atoms with Gasteiger partial charge in [-0.1, -0.05) is 46.0 Å². The van der Waals surface area contributed by atoms with Gasteiger partial charge in [0.2, 0.25) is 0 Å². The van der Waals surface area contributed by atoms with Gasteiger partial charge in [-0.05, 0) is 148 Å². The van der Waals surface area contributed by atoms with Crippen molar-refractivity contribution in [1.82, 2.24) is 24.9 Å². The summed E-state index contributed by atoms with van der Waals surface area (Å²) in [6.07, 6.45) is 4.02. The minimum absolute atomic E-state index is 0. The number of H-pyrrole nitrogens is 2. The number of nitrogens with one attached hydrogen (secondary N) is 2. The van der Waals surface area contributed by atoms with E-state index in [1.165, 1.54) is 41.3 Å². The minimum atomic E-state index is -3.22. The number of nitro groups is 3. The summed E-state index contributed by atoms with van der Waals surface area (Å²) >= 11 is 22.3. The first-order valence-corrected chi connectivity index (χ1v) is 37.7. The van der Waals surface area contributed by atoms with E-state index in [0.29, 0.717) is 26.8 Å². The second-order valence-electron chi connectivity index (χ2n) is 16.7. The molecule has 0 atom stereocenters. The maximum absolute atomic E-state index is 11.5. The van der Waals surface area contributed by atoms with Crippen LogP contribution < -0.4 is 16.6 Å². The van der Waals surface area contributed by atoms with Crippen LogP contribution >= 0.6 is 91.9 Å². The number of halogens is 6. The van der Waals surface area contributed by atoms with Crippen molar-refractivity contribution in [2.75, 3.05) is 18.2 Å². The van der Waals surface area contributed by atoms with E-state index in [2.05, 4.69) is 71.0 Å². The molecule has 22 nitrogen and oxygen atoms in total. The van der Waals surface area contributed by atoms with E-state index in [1.807, 2.05) is 82.5 Å². The number of hydrogen-bond donors (Lipinski definition) is 4. The van der Waals surface area contributed by atoms with Crippen molar-refractivity contribution >= 4 is 188 Å². The fourth-order valence-corrected chi connectivity index (χ4v) is 8.97. The van der Waals surface area contributed by atoms with Crippen LogP contribution in [0.2, 0.25) is 5.02 Å². The molecule has 0 fully saturated rings. The van der Waals surface area contributed by atoms with E-state index >= 15 is 0 Å². The number of thioether (sulfide) groups is 2. The number of benzene rings is 5. The first kappa shape index (κ1) is 80.4. The molecular weight excluding hydrogens is 1420 g/mol. The van der Waals surface area contributed by atoms with E-state index in [-0.39, 0.29) is 55.1 Å². The second kappa shape index (κ2) is 38.6. The van der Waals surface area contributed by atoms with Crippen LogP contribution in [0.25, 0.3) is 54.5 Å². The van der Waals surface area contributed by atoms with Gasteiger partial charge >= 0.3 is 41.9 Å². The fraction of sp³-hybridized carbons (Fsp3) is 0.182. The summed E-state index contributed by atoms with van der Waals surface area (Å²) in [6.45, 7) is 9.40. The zero-order valence-electron chi connectivity index (χ0n) is 44.8. The van der Waals surface area contributed by atoms with Crippen LogP contribution in [-0.4, -0.2) is 81.4 Å². The first-order valence-electron chi connectivity index (χ1n) is 23.3. The van der Waals surface area contributed by atoms with Gasteiger partial charge in [0.05, 0.1) is 41.7 Å². The number of pyridine rings is 5. The summed E-state index contributed by atoms with van der Waals surface area (Å²) in [4.78, 5) is 83.1. The van der Waals surface area contributed by atoms with E-state index < -0.39 is 39.0 Å². The predicted molar refractivity (Wildman–Crippen MR) is 363 cm³/mol. The number of aromatic amines is 2. The first-order chi connectivity index (χ1) is 39.4. The van der Waals surface area contributed by atoms with E-state index in [1.54, 1.807) is 66.8 Å². The van der Waals surface area contributed by atoms with E-state index in [9.17, 15) is 44.5 Å². The van der Waals surface area contributed by atoms with Crippen LogP contribution in [0.1, 0.15) is 50.7 Å². The third kappa shape index (κ3) is 27.1. The molecule has 464 valence electrons. The molecule has 0 aliphatic heterocycles. The Morgan fingerprint density at radius 3 is 1.29 bits per heavy atom. The Balaban J connectivity index is 0.00000101. The van der Waals surface area contributed by atoms with Crippen molar-refractivity contribution in [3.05, 3.63) is 222 Å². The zero-order chi connectivity index (χ0) is 63.2. The van der Waals surface area contributed by atoms with Gasteiger partial charge < -0.3 is 20.9 Å². The van der Waals surface area contributed by atoms with Crippen LogP contribution in [0.3, 0.4) is 0 Å². The van der Waals surface area contributed by atoms with Gasteiger partial charge in [-0.15, -0.1) is 33.6 Å². The van der Waals surface area contributed by atoms with Crippen molar-refractivity contribution in [2.45, 2.75) is 66.7 Å². The molecule has 10 rings (SSSR count). The molecule has 5 N–H and O–H groups in total. The summed E-state index contributed by atoms with van der Waals surface area (Å²) in [7, 11) is 9.87. The van der Waals surface area contributed by atoms with Crippen molar-refractivity contribution < 1.29 is 29.6 Å². The van der Waals surface area contributed by atoms with Crippen LogP contribution in [0, 0.1) is 75.1 Å². The number of nitrogens with zero attached hydrogens (tertiary/aromatic N) is 7. The molecule has 2 radical (unpaired) electrons. The summed E-state index contributed by atoms with van der Waals surface area (Å²) in [6, 6.07) is 35.5. The molecule has 5 aromatic carbocycles. The van der Waals surface area contributed by atoms with Crippen molar-refractivity contribution in [1.29, 1.82) is 0 Å². The predicted octanol–water partition coefficient (Wildman–Crippen LogP) is 18.1. The van der Waals surface area contributed by atoms with Gasteiger partial charge in [-0.3, -0.25) is 59.4 Å². The number of fused-ring (bicyclic) bond motifs is 5. The number of nitrogens with two attached hydrogens (primary N) is 1. The molecule has 10 aromatic rings. The molecule has 0 bridgehead atoms. The molecule has 0 aliphatic carbocycles. The van der Waals surface area contributed by atoms with Crippen molar-refractivity contribution in [3.63, 3.8) is 0 Å². The number of aryl methyl sites for hydroxylation is 5. The standard InChI is InChI=1S/C11H10N2O2S.C11H12N2S.C10H7ClN2O2.C10H8N2O3.C10H9NO.3CH4.Cl3OP.2ClH.HNO3.Sn/c1-7-5-11(16-2)9-6-8(13(14)15)3-4-10(9)12-7;1-7-5-11(14-2)9-6-8(12)3-4-10(9)13-7;1-6-4-9(11)8-5-7(13(14)15)2-3-10(8)12-6;1-6-4-10(13)8-5-7(12(14)15)2-3-9(8)11-6;1-7-6-10(12)8-4-2-3-5-9(8)11-7;;;;1-5(2,3)4;;;2-1(3)4;/h3-6H,1-2H3;3-6H,12H2,1-2H3;2-5H,1H3;2-5H,1H3,(H,11,13);2-6H,1H3,(H,11,12);3*1H4;;2*1H;(H,2,3,4);/q;;;;;;;;;;;;+2/p-2. The average molecular weight is 1480 g/mol. The molecule has 32 heteroatoms. The van der Waals surface area contributed by atoms with Crippen molar-refractivity contribution in [3.8, 4) is 0 Å². The molecule has 0 amide bonds. The Hall–Kier alpha value is -6.58.